The van der Waals surface area contributed by atoms with Crippen molar-refractivity contribution in [3.8, 4) is 0 Å². The summed E-state index contributed by atoms with van der Waals surface area (Å²) in [6, 6.07) is 12.5. The molecule has 2 aromatic rings. The van der Waals surface area contributed by atoms with E-state index >= 15 is 0 Å². The normalized spacial score (nSPS) is 17.0. The number of benzene rings is 1. The van der Waals surface area contributed by atoms with Crippen molar-refractivity contribution in [1.82, 2.24) is 5.32 Å². The first-order valence-corrected chi connectivity index (χ1v) is 9.76. The molecule has 0 saturated heterocycles. The first-order chi connectivity index (χ1) is 10.7. The summed E-state index contributed by atoms with van der Waals surface area (Å²) in [4.78, 5) is 13.4. The van der Waals surface area contributed by atoms with Gasteiger partial charge in [-0.3, -0.25) is 4.79 Å². The second-order valence-corrected chi connectivity index (χ2v) is 8.19. The van der Waals surface area contributed by atoms with Crippen molar-refractivity contribution in [3.05, 3.63) is 56.7 Å². The molecule has 5 heteroatoms. The number of thioether (sulfide) groups is 1. The van der Waals surface area contributed by atoms with E-state index in [9.17, 15) is 4.79 Å². The summed E-state index contributed by atoms with van der Waals surface area (Å²) < 4.78 is 0.805. The largest absolute Gasteiger partial charge is 0.349 e. The predicted octanol–water partition coefficient (Wildman–Crippen LogP) is 4.83. The second kappa shape index (κ2) is 7.53. The monoisotopic (exact) mass is 351 g/mol. The van der Waals surface area contributed by atoms with E-state index in [-0.39, 0.29) is 11.9 Å². The summed E-state index contributed by atoms with van der Waals surface area (Å²) in [6.07, 6.45) is 3.30. The molecule has 1 heterocycles. The lowest BCUT2D eigenvalue weighted by molar-refractivity contribution is -0.119. The van der Waals surface area contributed by atoms with Crippen LogP contribution in [0.15, 0.2) is 36.4 Å². The van der Waals surface area contributed by atoms with Gasteiger partial charge in [-0.25, -0.2) is 0 Å². The summed E-state index contributed by atoms with van der Waals surface area (Å²) in [7, 11) is 0. The van der Waals surface area contributed by atoms with Crippen LogP contribution in [0.5, 0.6) is 0 Å². The molecule has 1 N–H and O–H groups in total. The molecule has 1 aliphatic carbocycles. The molecule has 2 nitrogen and oxygen atoms in total. The van der Waals surface area contributed by atoms with Gasteiger partial charge >= 0.3 is 0 Å². The Bertz CT molecular complexity index is 656. The Kier molecular flexibility index (Phi) is 5.45. The SMILES string of the molecule is O=C(CSCc1ccc(Cl)s1)N[C@H]1CCCc2ccccc21. The Morgan fingerprint density at radius 1 is 1.32 bits per heavy atom. The molecule has 1 aromatic carbocycles. The van der Waals surface area contributed by atoms with Crippen LogP contribution in [0.1, 0.15) is 34.9 Å². The van der Waals surface area contributed by atoms with Gasteiger partial charge in [0.05, 0.1) is 16.1 Å². The van der Waals surface area contributed by atoms with E-state index < -0.39 is 0 Å². The van der Waals surface area contributed by atoms with E-state index in [1.807, 2.05) is 12.1 Å². The number of thiophene rings is 1. The number of carbonyl (C=O) groups excluding carboxylic acids is 1. The smallest absolute Gasteiger partial charge is 0.230 e. The van der Waals surface area contributed by atoms with Gasteiger partial charge in [0, 0.05) is 10.6 Å². The fourth-order valence-electron chi connectivity index (χ4n) is 2.81. The van der Waals surface area contributed by atoms with Gasteiger partial charge in [0.15, 0.2) is 0 Å². The predicted molar refractivity (Wildman–Crippen MR) is 95.8 cm³/mol. The molecule has 116 valence electrons. The number of hydrogen-bond donors (Lipinski definition) is 1. The van der Waals surface area contributed by atoms with E-state index in [0.717, 1.165) is 29.4 Å². The number of nitrogens with one attached hydrogen (secondary N) is 1. The van der Waals surface area contributed by atoms with Crippen molar-refractivity contribution in [1.29, 1.82) is 0 Å². The Labute approximate surface area is 144 Å². The summed E-state index contributed by atoms with van der Waals surface area (Å²) in [6.45, 7) is 0. The minimum atomic E-state index is 0.120. The molecule has 1 amide bonds. The minimum Gasteiger partial charge on any atom is -0.349 e. The lowest BCUT2D eigenvalue weighted by atomic mass is 9.88. The maximum Gasteiger partial charge on any atom is 0.230 e. The highest BCUT2D eigenvalue weighted by Gasteiger charge is 2.21. The van der Waals surface area contributed by atoms with E-state index in [1.165, 1.54) is 16.0 Å². The van der Waals surface area contributed by atoms with Crippen molar-refractivity contribution in [2.24, 2.45) is 0 Å². The van der Waals surface area contributed by atoms with Gasteiger partial charge in [-0.1, -0.05) is 35.9 Å². The Morgan fingerprint density at radius 3 is 3.00 bits per heavy atom. The van der Waals surface area contributed by atoms with Gasteiger partial charge < -0.3 is 5.32 Å². The summed E-state index contributed by atoms with van der Waals surface area (Å²) >= 11 is 9.12. The molecule has 3 rings (SSSR count). The number of hydrogen-bond acceptors (Lipinski definition) is 3. The van der Waals surface area contributed by atoms with Crippen LogP contribution < -0.4 is 5.32 Å². The topological polar surface area (TPSA) is 29.1 Å². The van der Waals surface area contributed by atoms with Crippen LogP contribution in [0.25, 0.3) is 0 Å². The molecular formula is C17H18ClNOS2. The van der Waals surface area contributed by atoms with Gasteiger partial charge in [0.1, 0.15) is 0 Å². The molecule has 0 spiro atoms. The second-order valence-electron chi connectivity index (χ2n) is 5.41. The highest BCUT2D eigenvalue weighted by atomic mass is 35.5. The zero-order valence-electron chi connectivity index (χ0n) is 12.2. The Morgan fingerprint density at radius 2 is 2.18 bits per heavy atom. The maximum atomic E-state index is 12.2. The van der Waals surface area contributed by atoms with Gasteiger partial charge in [0.25, 0.3) is 0 Å². The van der Waals surface area contributed by atoms with Gasteiger partial charge in [0.2, 0.25) is 5.91 Å². The number of rotatable bonds is 5. The molecular weight excluding hydrogens is 334 g/mol. The highest BCUT2D eigenvalue weighted by molar-refractivity contribution is 7.99. The third-order valence-corrected chi connectivity index (χ3v) is 6.21. The number of fused-ring (bicyclic) bond motifs is 1. The first-order valence-electron chi connectivity index (χ1n) is 7.41. The minimum absolute atomic E-state index is 0.120. The quantitative estimate of drug-likeness (QED) is 0.836. The summed E-state index contributed by atoms with van der Waals surface area (Å²) in [5, 5.41) is 3.18. The van der Waals surface area contributed by atoms with Crippen molar-refractivity contribution >= 4 is 40.6 Å². The van der Waals surface area contributed by atoms with E-state index in [4.69, 9.17) is 11.6 Å². The third kappa shape index (κ3) is 4.06. The number of amides is 1. The van der Waals surface area contributed by atoms with E-state index in [2.05, 4.69) is 29.6 Å². The molecule has 1 atom stereocenters. The zero-order chi connectivity index (χ0) is 15.4. The zero-order valence-corrected chi connectivity index (χ0v) is 14.6. The maximum absolute atomic E-state index is 12.2. The Hall–Kier alpha value is -0.970. The average Bonchev–Trinajstić information content (AvgIpc) is 2.93. The van der Waals surface area contributed by atoms with Crippen LogP contribution in [0.4, 0.5) is 0 Å². The number of aryl methyl sites for hydroxylation is 1. The lowest BCUT2D eigenvalue weighted by Crippen LogP contribution is -2.32. The summed E-state index contributed by atoms with van der Waals surface area (Å²) in [5.74, 6) is 1.45. The van der Waals surface area contributed by atoms with Crippen LogP contribution in [0.3, 0.4) is 0 Å². The molecule has 1 aromatic heterocycles. The van der Waals surface area contributed by atoms with Gasteiger partial charge in [-0.05, 0) is 42.5 Å². The van der Waals surface area contributed by atoms with Crippen molar-refractivity contribution < 1.29 is 4.79 Å². The fourth-order valence-corrected chi connectivity index (χ4v) is 4.85. The highest BCUT2D eigenvalue weighted by Crippen LogP contribution is 2.29. The van der Waals surface area contributed by atoms with Gasteiger partial charge in [-0.15, -0.1) is 23.1 Å². The van der Waals surface area contributed by atoms with Crippen LogP contribution in [0.2, 0.25) is 4.34 Å². The van der Waals surface area contributed by atoms with E-state index in [1.54, 1.807) is 23.1 Å². The van der Waals surface area contributed by atoms with Crippen molar-refractivity contribution in [2.45, 2.75) is 31.1 Å². The van der Waals surface area contributed by atoms with Crippen molar-refractivity contribution in [3.63, 3.8) is 0 Å². The molecule has 22 heavy (non-hydrogen) atoms. The third-order valence-electron chi connectivity index (χ3n) is 3.81. The molecule has 0 bridgehead atoms. The van der Waals surface area contributed by atoms with Crippen LogP contribution in [-0.4, -0.2) is 11.7 Å². The number of carbonyl (C=O) groups is 1. The van der Waals surface area contributed by atoms with Gasteiger partial charge in [-0.2, -0.15) is 0 Å². The Balaban J connectivity index is 1.50. The van der Waals surface area contributed by atoms with Crippen LogP contribution in [0, 0.1) is 0 Å². The number of halogens is 1. The molecule has 0 saturated carbocycles. The molecule has 0 radical (unpaired) electrons. The van der Waals surface area contributed by atoms with Crippen LogP contribution >= 0.6 is 34.7 Å². The average molecular weight is 352 g/mol. The summed E-state index contributed by atoms with van der Waals surface area (Å²) in [5.41, 5.74) is 2.66. The molecule has 0 fully saturated rings. The molecule has 1 aliphatic rings. The standard InChI is InChI=1S/C17H18ClNOS2/c18-16-9-8-13(22-16)10-21-11-17(20)19-15-7-3-5-12-4-1-2-6-14(12)15/h1-2,4,6,8-9,15H,3,5,7,10-11H2,(H,19,20)/t15-/m0/s1. The van der Waals surface area contributed by atoms with Crippen molar-refractivity contribution in [2.75, 3.05) is 5.75 Å². The van der Waals surface area contributed by atoms with E-state index in [0.29, 0.717) is 5.75 Å². The first kappa shape index (κ1) is 15.9. The lowest BCUT2D eigenvalue weighted by Gasteiger charge is -2.26. The fraction of sp³-hybridized carbons (Fsp3) is 0.353. The van der Waals surface area contributed by atoms with Crippen LogP contribution in [-0.2, 0) is 17.0 Å². The molecule has 0 aliphatic heterocycles. The molecule has 0 unspecified atom stereocenters.